The summed E-state index contributed by atoms with van der Waals surface area (Å²) in [5, 5.41) is 37.4. The lowest BCUT2D eigenvalue weighted by molar-refractivity contribution is -0.289. The van der Waals surface area contributed by atoms with Gasteiger partial charge in [0.2, 0.25) is 0 Å². The summed E-state index contributed by atoms with van der Waals surface area (Å²) in [6.07, 6.45) is -7.16. The van der Waals surface area contributed by atoms with Gasteiger partial charge in [0.25, 0.3) is 0 Å². The topological polar surface area (TPSA) is 116 Å². The Morgan fingerprint density at radius 3 is 2.41 bits per heavy atom. The van der Waals surface area contributed by atoms with Crippen molar-refractivity contribution < 1.29 is 34.7 Å². The zero-order valence-electron chi connectivity index (χ0n) is 9.31. The van der Waals surface area contributed by atoms with Gasteiger partial charge in [-0.2, -0.15) is 0 Å². The molecule has 1 rings (SSSR count). The van der Waals surface area contributed by atoms with Crippen molar-refractivity contribution in [3.63, 3.8) is 0 Å². The SMILES string of the molecule is C=C(C)C(=O)O[C@@H]1[C@@H](O)[C@H](O)O[C@H](CO)[C@H]1O. The molecule has 1 saturated heterocycles. The Balaban J connectivity index is 2.78. The maximum atomic E-state index is 11.3. The first-order valence-electron chi connectivity index (χ1n) is 5.05. The van der Waals surface area contributed by atoms with Gasteiger partial charge in [-0.3, -0.25) is 0 Å². The van der Waals surface area contributed by atoms with Gasteiger partial charge in [-0.05, 0) is 6.92 Å². The van der Waals surface area contributed by atoms with Crippen LogP contribution in [0, 0.1) is 0 Å². The highest BCUT2D eigenvalue weighted by molar-refractivity contribution is 5.87. The average molecular weight is 248 g/mol. The molecule has 1 heterocycles. The van der Waals surface area contributed by atoms with Crippen LogP contribution >= 0.6 is 0 Å². The van der Waals surface area contributed by atoms with Crippen LogP contribution in [0.2, 0.25) is 0 Å². The number of carbonyl (C=O) groups excluding carboxylic acids is 1. The maximum Gasteiger partial charge on any atom is 0.333 e. The number of rotatable bonds is 3. The van der Waals surface area contributed by atoms with Gasteiger partial charge < -0.3 is 29.9 Å². The van der Waals surface area contributed by atoms with E-state index in [1.165, 1.54) is 6.92 Å². The van der Waals surface area contributed by atoms with Crippen LogP contribution in [-0.4, -0.2) is 63.7 Å². The fourth-order valence-electron chi connectivity index (χ4n) is 1.43. The molecule has 0 radical (unpaired) electrons. The maximum absolute atomic E-state index is 11.3. The summed E-state index contributed by atoms with van der Waals surface area (Å²) < 4.78 is 9.51. The lowest BCUT2D eigenvalue weighted by Gasteiger charge is -2.39. The van der Waals surface area contributed by atoms with E-state index in [-0.39, 0.29) is 5.57 Å². The average Bonchev–Trinajstić information content (AvgIpc) is 2.28. The number of aliphatic hydroxyl groups excluding tert-OH is 4. The van der Waals surface area contributed by atoms with E-state index in [9.17, 15) is 20.1 Å². The Bertz CT molecular complexity index is 303. The predicted octanol–water partition coefficient (Wildman–Crippen LogP) is -2.09. The molecule has 0 aromatic rings. The second-order valence-electron chi connectivity index (χ2n) is 3.88. The van der Waals surface area contributed by atoms with Gasteiger partial charge in [-0.25, -0.2) is 4.79 Å². The van der Waals surface area contributed by atoms with E-state index in [0.717, 1.165) is 0 Å². The number of esters is 1. The van der Waals surface area contributed by atoms with Gasteiger partial charge in [0.15, 0.2) is 12.4 Å². The Hall–Kier alpha value is -0.990. The van der Waals surface area contributed by atoms with Crippen LogP contribution in [-0.2, 0) is 14.3 Å². The van der Waals surface area contributed by atoms with Crippen LogP contribution < -0.4 is 0 Å². The number of ether oxygens (including phenoxy) is 2. The minimum Gasteiger partial charge on any atom is -0.453 e. The minimum absolute atomic E-state index is 0.0888. The van der Waals surface area contributed by atoms with Crippen molar-refractivity contribution in [3.05, 3.63) is 12.2 Å². The summed E-state index contributed by atoms with van der Waals surface area (Å²) >= 11 is 0. The number of hydrogen-bond acceptors (Lipinski definition) is 7. The van der Waals surface area contributed by atoms with Crippen LogP contribution in [0.3, 0.4) is 0 Å². The highest BCUT2D eigenvalue weighted by atomic mass is 16.7. The molecule has 7 nitrogen and oxygen atoms in total. The van der Waals surface area contributed by atoms with Gasteiger partial charge in [-0.1, -0.05) is 6.58 Å². The molecule has 0 saturated carbocycles. The quantitative estimate of drug-likeness (QED) is 0.334. The Labute approximate surface area is 97.9 Å². The van der Waals surface area contributed by atoms with Crippen molar-refractivity contribution >= 4 is 5.97 Å². The molecule has 17 heavy (non-hydrogen) atoms. The fraction of sp³-hybridized carbons (Fsp3) is 0.700. The van der Waals surface area contributed by atoms with Crippen molar-refractivity contribution in [2.75, 3.05) is 6.61 Å². The molecule has 7 heteroatoms. The fourth-order valence-corrected chi connectivity index (χ4v) is 1.43. The standard InChI is InChI=1S/C10H16O7/c1-4(2)9(14)17-8-6(12)5(3-11)16-10(15)7(8)13/h5-8,10-13,15H,1,3H2,2H3/t5-,6-,7-,8+,10-/m1/s1. The lowest BCUT2D eigenvalue weighted by Crippen LogP contribution is -2.59. The van der Waals surface area contributed by atoms with Gasteiger partial charge in [0.05, 0.1) is 6.61 Å². The summed E-state index contributed by atoms with van der Waals surface area (Å²) in [6.45, 7) is 4.17. The van der Waals surface area contributed by atoms with Gasteiger partial charge in [0.1, 0.15) is 18.3 Å². The lowest BCUT2D eigenvalue weighted by atomic mass is 9.99. The molecule has 0 bridgehead atoms. The van der Waals surface area contributed by atoms with Gasteiger partial charge >= 0.3 is 5.97 Å². The van der Waals surface area contributed by atoms with E-state index < -0.39 is 43.3 Å². The third-order valence-corrected chi connectivity index (χ3v) is 2.43. The Morgan fingerprint density at radius 2 is 1.94 bits per heavy atom. The van der Waals surface area contributed by atoms with Crippen LogP contribution in [0.1, 0.15) is 6.92 Å². The van der Waals surface area contributed by atoms with Crippen molar-refractivity contribution in [1.82, 2.24) is 0 Å². The van der Waals surface area contributed by atoms with Crippen LogP contribution in [0.15, 0.2) is 12.2 Å². The van der Waals surface area contributed by atoms with Gasteiger partial charge in [0, 0.05) is 5.57 Å². The summed E-state index contributed by atoms with van der Waals surface area (Å²) in [4.78, 5) is 11.3. The first kappa shape index (κ1) is 14.1. The molecule has 1 fully saturated rings. The molecular formula is C10H16O7. The molecule has 0 aromatic carbocycles. The minimum atomic E-state index is -1.64. The molecular weight excluding hydrogens is 232 g/mol. The highest BCUT2D eigenvalue weighted by Crippen LogP contribution is 2.22. The van der Waals surface area contributed by atoms with Crippen molar-refractivity contribution in [1.29, 1.82) is 0 Å². The zero-order chi connectivity index (χ0) is 13.2. The monoisotopic (exact) mass is 248 g/mol. The third-order valence-electron chi connectivity index (χ3n) is 2.43. The van der Waals surface area contributed by atoms with Crippen LogP contribution in [0.4, 0.5) is 0 Å². The van der Waals surface area contributed by atoms with Crippen LogP contribution in [0.25, 0.3) is 0 Å². The van der Waals surface area contributed by atoms with E-state index in [4.69, 9.17) is 14.6 Å². The summed E-state index contributed by atoms with van der Waals surface area (Å²) in [6, 6.07) is 0. The number of aliphatic hydroxyl groups is 4. The first-order chi connectivity index (χ1) is 7.88. The van der Waals surface area contributed by atoms with Crippen molar-refractivity contribution in [2.24, 2.45) is 0 Å². The summed E-state index contributed by atoms with van der Waals surface area (Å²) in [5.41, 5.74) is 0.0888. The largest absolute Gasteiger partial charge is 0.453 e. The molecule has 1 aliphatic rings. The van der Waals surface area contributed by atoms with Gasteiger partial charge in [-0.15, -0.1) is 0 Å². The molecule has 4 N–H and O–H groups in total. The summed E-state index contributed by atoms with van der Waals surface area (Å²) in [5.74, 6) is -0.807. The molecule has 5 atom stereocenters. The van der Waals surface area contributed by atoms with Crippen molar-refractivity contribution in [2.45, 2.75) is 37.6 Å². The van der Waals surface area contributed by atoms with E-state index in [1.807, 2.05) is 0 Å². The van der Waals surface area contributed by atoms with E-state index >= 15 is 0 Å². The third kappa shape index (κ3) is 3.02. The molecule has 0 spiro atoms. The van der Waals surface area contributed by atoms with E-state index in [1.54, 1.807) is 0 Å². The highest BCUT2D eigenvalue weighted by Gasteiger charge is 2.46. The Morgan fingerprint density at radius 1 is 1.35 bits per heavy atom. The number of hydrogen-bond donors (Lipinski definition) is 4. The summed E-state index contributed by atoms with van der Waals surface area (Å²) in [7, 11) is 0. The molecule has 0 aromatic heterocycles. The smallest absolute Gasteiger partial charge is 0.333 e. The number of carbonyl (C=O) groups is 1. The second-order valence-corrected chi connectivity index (χ2v) is 3.88. The molecule has 1 aliphatic heterocycles. The van der Waals surface area contributed by atoms with E-state index in [2.05, 4.69) is 6.58 Å². The second kappa shape index (κ2) is 5.56. The molecule has 0 amide bonds. The zero-order valence-corrected chi connectivity index (χ0v) is 9.31. The van der Waals surface area contributed by atoms with E-state index in [0.29, 0.717) is 0 Å². The van der Waals surface area contributed by atoms with Crippen molar-refractivity contribution in [3.8, 4) is 0 Å². The Kier molecular flexibility index (Phi) is 4.61. The normalized spacial score (nSPS) is 37.6. The molecule has 98 valence electrons. The predicted molar refractivity (Wildman–Crippen MR) is 54.7 cm³/mol. The molecule has 0 unspecified atom stereocenters. The molecule has 0 aliphatic carbocycles. The van der Waals surface area contributed by atoms with Crippen LogP contribution in [0.5, 0.6) is 0 Å². The first-order valence-corrected chi connectivity index (χ1v) is 5.05.